The Morgan fingerprint density at radius 2 is 1.29 bits per heavy atom. The van der Waals surface area contributed by atoms with Gasteiger partial charge in [0.1, 0.15) is 11.5 Å². The van der Waals surface area contributed by atoms with Gasteiger partial charge in [-0.3, -0.25) is 9.59 Å². The second-order valence-electron chi connectivity index (χ2n) is 4.60. The largest absolute Gasteiger partial charge is 0.508 e. The lowest BCUT2D eigenvalue weighted by molar-refractivity contribution is -0.144. The summed E-state index contributed by atoms with van der Waals surface area (Å²) in [4.78, 5) is 23.5. The van der Waals surface area contributed by atoms with Crippen molar-refractivity contribution in [3.63, 3.8) is 0 Å². The SMILES string of the molecule is CCOC(=O)[C@H](C#N)c1cc(O)c([C@@H](C#N)C(=O)OCC)cc1O. The third-order valence-electron chi connectivity index (χ3n) is 3.10. The standard InChI is InChI=1S/C16H16N2O6/c1-3-23-15(21)11(7-17)9-5-14(20)10(6-13(9)19)12(8-18)16(22)24-4-2/h5-6,11-12,19-20H,3-4H2,1-2H3/t11-,12-/m1/s1. The van der Waals surface area contributed by atoms with Gasteiger partial charge in [0.15, 0.2) is 11.8 Å². The Kier molecular flexibility index (Phi) is 6.57. The van der Waals surface area contributed by atoms with E-state index >= 15 is 0 Å². The molecule has 0 aliphatic carbocycles. The number of aromatic hydroxyl groups is 2. The Labute approximate surface area is 138 Å². The Bertz CT molecular complexity index is 655. The average molecular weight is 332 g/mol. The molecule has 0 radical (unpaired) electrons. The van der Waals surface area contributed by atoms with E-state index in [-0.39, 0.29) is 24.3 Å². The molecule has 0 bridgehead atoms. The fraction of sp³-hybridized carbons (Fsp3) is 0.375. The Balaban J connectivity index is 3.32. The molecule has 1 rings (SSSR count). The number of hydrogen-bond donors (Lipinski definition) is 2. The number of rotatable bonds is 6. The van der Waals surface area contributed by atoms with Gasteiger partial charge in [0, 0.05) is 11.1 Å². The Morgan fingerprint density at radius 3 is 1.54 bits per heavy atom. The second-order valence-corrected chi connectivity index (χ2v) is 4.60. The van der Waals surface area contributed by atoms with E-state index in [1.54, 1.807) is 26.0 Å². The highest BCUT2D eigenvalue weighted by Crippen LogP contribution is 2.36. The van der Waals surface area contributed by atoms with E-state index in [4.69, 9.17) is 20.0 Å². The fourth-order valence-electron chi connectivity index (χ4n) is 2.02. The van der Waals surface area contributed by atoms with Gasteiger partial charge in [-0.15, -0.1) is 0 Å². The predicted molar refractivity (Wildman–Crippen MR) is 79.7 cm³/mol. The smallest absolute Gasteiger partial charge is 0.328 e. The van der Waals surface area contributed by atoms with Crippen LogP contribution in [0.1, 0.15) is 36.8 Å². The van der Waals surface area contributed by atoms with Gasteiger partial charge in [-0.05, 0) is 26.0 Å². The van der Waals surface area contributed by atoms with Crippen molar-refractivity contribution in [1.29, 1.82) is 10.5 Å². The van der Waals surface area contributed by atoms with E-state index in [0.29, 0.717) is 0 Å². The van der Waals surface area contributed by atoms with Gasteiger partial charge in [-0.1, -0.05) is 0 Å². The zero-order valence-corrected chi connectivity index (χ0v) is 13.1. The predicted octanol–water partition coefficient (Wildman–Crippen LogP) is 1.44. The molecular weight excluding hydrogens is 316 g/mol. The van der Waals surface area contributed by atoms with Crippen molar-refractivity contribution < 1.29 is 29.3 Å². The maximum absolute atomic E-state index is 11.7. The highest BCUT2D eigenvalue weighted by Gasteiger charge is 2.30. The molecule has 2 N–H and O–H groups in total. The maximum atomic E-state index is 11.7. The lowest BCUT2D eigenvalue weighted by Gasteiger charge is -2.15. The molecule has 1 aromatic rings. The van der Waals surface area contributed by atoms with Gasteiger partial charge < -0.3 is 19.7 Å². The fourth-order valence-corrected chi connectivity index (χ4v) is 2.02. The van der Waals surface area contributed by atoms with Crippen LogP contribution in [0.3, 0.4) is 0 Å². The van der Waals surface area contributed by atoms with E-state index in [1.165, 1.54) is 0 Å². The van der Waals surface area contributed by atoms with Gasteiger partial charge in [0.25, 0.3) is 0 Å². The van der Waals surface area contributed by atoms with Gasteiger partial charge in [0.2, 0.25) is 0 Å². The van der Waals surface area contributed by atoms with Crippen LogP contribution in [-0.2, 0) is 19.1 Å². The van der Waals surface area contributed by atoms with E-state index in [0.717, 1.165) is 12.1 Å². The highest BCUT2D eigenvalue weighted by molar-refractivity contribution is 5.85. The van der Waals surface area contributed by atoms with Crippen LogP contribution in [0.25, 0.3) is 0 Å². The minimum Gasteiger partial charge on any atom is -0.508 e. The number of nitrogens with zero attached hydrogens (tertiary/aromatic N) is 2. The molecule has 8 nitrogen and oxygen atoms in total. The van der Waals surface area contributed by atoms with Gasteiger partial charge >= 0.3 is 11.9 Å². The summed E-state index contributed by atoms with van der Waals surface area (Å²) in [5.74, 6) is -5.71. The molecule has 0 heterocycles. The van der Waals surface area contributed by atoms with E-state index < -0.39 is 35.3 Å². The summed E-state index contributed by atoms with van der Waals surface area (Å²) in [7, 11) is 0. The quantitative estimate of drug-likeness (QED) is 0.589. The van der Waals surface area contributed by atoms with Crippen LogP contribution >= 0.6 is 0 Å². The molecule has 0 spiro atoms. The highest BCUT2D eigenvalue weighted by atomic mass is 16.5. The first-order valence-electron chi connectivity index (χ1n) is 7.09. The van der Waals surface area contributed by atoms with Crippen molar-refractivity contribution in [2.24, 2.45) is 0 Å². The third kappa shape index (κ3) is 3.93. The number of benzene rings is 1. The first kappa shape index (κ1) is 18.8. The zero-order chi connectivity index (χ0) is 18.3. The van der Waals surface area contributed by atoms with Crippen LogP contribution in [0.4, 0.5) is 0 Å². The molecule has 126 valence electrons. The molecule has 0 aliphatic heterocycles. The van der Waals surface area contributed by atoms with Crippen LogP contribution in [0.2, 0.25) is 0 Å². The first-order valence-corrected chi connectivity index (χ1v) is 7.09. The molecule has 0 saturated heterocycles. The number of carbonyl (C=O) groups is 2. The van der Waals surface area contributed by atoms with Crippen LogP contribution in [-0.4, -0.2) is 35.4 Å². The topological polar surface area (TPSA) is 141 Å². The van der Waals surface area contributed by atoms with Crippen molar-refractivity contribution in [1.82, 2.24) is 0 Å². The summed E-state index contributed by atoms with van der Waals surface area (Å²) in [6.07, 6.45) is 0. The van der Waals surface area contributed by atoms with Gasteiger partial charge in [-0.25, -0.2) is 0 Å². The lowest BCUT2D eigenvalue weighted by Crippen LogP contribution is -2.16. The number of phenolic OH excluding ortho intramolecular Hbond substituents is 2. The number of carbonyl (C=O) groups excluding carboxylic acids is 2. The third-order valence-corrected chi connectivity index (χ3v) is 3.10. The summed E-state index contributed by atoms with van der Waals surface area (Å²) < 4.78 is 9.47. The molecular formula is C16H16N2O6. The van der Waals surface area contributed by atoms with Crippen LogP contribution < -0.4 is 0 Å². The summed E-state index contributed by atoms with van der Waals surface area (Å²) in [5.41, 5.74) is -0.365. The summed E-state index contributed by atoms with van der Waals surface area (Å²) in [6, 6.07) is 5.26. The minimum absolute atomic E-state index is 0.0429. The molecule has 1 aromatic carbocycles. The molecule has 0 amide bonds. The van der Waals surface area contributed by atoms with Crippen molar-refractivity contribution >= 4 is 11.9 Å². The molecule has 2 atom stereocenters. The molecule has 8 heteroatoms. The van der Waals surface area contributed by atoms with Crippen molar-refractivity contribution in [3.8, 4) is 23.6 Å². The number of phenols is 2. The van der Waals surface area contributed by atoms with Crippen molar-refractivity contribution in [3.05, 3.63) is 23.3 Å². The second kappa shape index (κ2) is 8.39. The Morgan fingerprint density at radius 1 is 0.958 bits per heavy atom. The first-order chi connectivity index (χ1) is 11.4. The van der Waals surface area contributed by atoms with E-state index in [1.807, 2.05) is 0 Å². The number of esters is 2. The van der Waals surface area contributed by atoms with E-state index in [9.17, 15) is 19.8 Å². The lowest BCUT2D eigenvalue weighted by atomic mass is 9.93. The molecule has 24 heavy (non-hydrogen) atoms. The van der Waals surface area contributed by atoms with Crippen LogP contribution in [0.5, 0.6) is 11.5 Å². The number of hydrogen-bond acceptors (Lipinski definition) is 8. The number of ether oxygens (including phenoxy) is 2. The molecule has 0 unspecified atom stereocenters. The monoisotopic (exact) mass is 332 g/mol. The Hall–Kier alpha value is -3.26. The molecule has 0 fully saturated rings. The number of nitriles is 2. The van der Waals surface area contributed by atoms with Crippen LogP contribution in [0.15, 0.2) is 12.1 Å². The van der Waals surface area contributed by atoms with E-state index in [2.05, 4.69) is 0 Å². The van der Waals surface area contributed by atoms with Crippen LogP contribution in [0, 0.1) is 22.7 Å². The van der Waals surface area contributed by atoms with Gasteiger partial charge in [-0.2, -0.15) is 10.5 Å². The molecule has 0 aromatic heterocycles. The summed E-state index contributed by atoms with van der Waals surface area (Å²) >= 11 is 0. The summed E-state index contributed by atoms with van der Waals surface area (Å²) in [5, 5.41) is 38.3. The normalized spacial score (nSPS) is 12.3. The molecule has 0 saturated carbocycles. The maximum Gasteiger partial charge on any atom is 0.328 e. The average Bonchev–Trinajstić information content (AvgIpc) is 2.53. The van der Waals surface area contributed by atoms with Gasteiger partial charge in [0.05, 0.1) is 25.4 Å². The van der Waals surface area contributed by atoms with Crippen molar-refractivity contribution in [2.45, 2.75) is 25.7 Å². The minimum atomic E-state index is -1.45. The molecule has 0 aliphatic rings. The zero-order valence-electron chi connectivity index (χ0n) is 13.1. The van der Waals surface area contributed by atoms with Crippen molar-refractivity contribution in [2.75, 3.05) is 13.2 Å². The summed E-state index contributed by atoms with van der Waals surface area (Å²) in [6.45, 7) is 3.20.